The monoisotopic (exact) mass is 221 g/mol. The molecule has 0 saturated heterocycles. The Labute approximate surface area is 89.6 Å². The van der Waals surface area contributed by atoms with Gasteiger partial charge in [-0.25, -0.2) is 0 Å². The van der Waals surface area contributed by atoms with Gasteiger partial charge in [-0.3, -0.25) is 24.6 Å². The van der Waals surface area contributed by atoms with Crippen molar-refractivity contribution in [3.05, 3.63) is 33.4 Å². The Bertz CT molecular complexity index is 538. The number of hydrogen-bond donors (Lipinski definition) is 1. The van der Waals surface area contributed by atoms with Gasteiger partial charge in [0.05, 0.1) is 16.1 Å². The first-order chi connectivity index (χ1) is 7.43. The molecule has 1 heterocycles. The molecule has 0 atom stereocenters. The number of imide groups is 1. The van der Waals surface area contributed by atoms with E-state index in [1.54, 1.807) is 0 Å². The van der Waals surface area contributed by atoms with Crippen molar-refractivity contribution in [2.24, 2.45) is 0 Å². The number of anilines is 1. The molecule has 7 nitrogen and oxygen atoms in total. The summed E-state index contributed by atoms with van der Waals surface area (Å²) >= 11 is 0. The molecule has 0 unspecified atom stereocenters. The molecule has 0 radical (unpaired) electrons. The van der Waals surface area contributed by atoms with Gasteiger partial charge in [-0.15, -0.1) is 0 Å². The second kappa shape index (κ2) is 3.02. The Morgan fingerprint density at radius 2 is 1.75 bits per heavy atom. The standard InChI is InChI=1S/C9H7N3O4/c1-11-8(13)4-2-6(10)7(12(15)16)3-5(4)9(11)14/h2-3H,10H2,1H3. The zero-order chi connectivity index (χ0) is 12.0. The molecule has 16 heavy (non-hydrogen) atoms. The number of fused-ring (bicyclic) bond motifs is 1. The number of carbonyl (C=O) groups is 2. The summed E-state index contributed by atoms with van der Waals surface area (Å²) in [4.78, 5) is 33.9. The van der Waals surface area contributed by atoms with E-state index in [4.69, 9.17) is 5.73 Å². The summed E-state index contributed by atoms with van der Waals surface area (Å²) in [5.41, 5.74) is 5.06. The molecule has 0 spiro atoms. The summed E-state index contributed by atoms with van der Waals surface area (Å²) < 4.78 is 0. The zero-order valence-corrected chi connectivity index (χ0v) is 8.26. The van der Waals surface area contributed by atoms with Crippen LogP contribution < -0.4 is 5.73 Å². The van der Waals surface area contributed by atoms with Gasteiger partial charge in [0.25, 0.3) is 17.5 Å². The summed E-state index contributed by atoms with van der Waals surface area (Å²) in [6, 6.07) is 2.20. The number of carbonyl (C=O) groups excluding carboxylic acids is 2. The molecular formula is C9H7N3O4. The Hall–Kier alpha value is -2.44. The lowest BCUT2D eigenvalue weighted by Crippen LogP contribution is -2.24. The van der Waals surface area contributed by atoms with E-state index in [2.05, 4.69) is 0 Å². The third-order valence-electron chi connectivity index (χ3n) is 2.43. The first-order valence-corrected chi connectivity index (χ1v) is 4.33. The maximum absolute atomic E-state index is 11.5. The molecule has 82 valence electrons. The van der Waals surface area contributed by atoms with Crippen LogP contribution in [0, 0.1) is 10.1 Å². The molecule has 2 N–H and O–H groups in total. The zero-order valence-electron chi connectivity index (χ0n) is 8.26. The lowest BCUT2D eigenvalue weighted by Gasteiger charge is -2.02. The number of nitrogen functional groups attached to an aromatic ring is 1. The van der Waals surface area contributed by atoms with Crippen molar-refractivity contribution in [2.75, 3.05) is 12.8 Å². The maximum Gasteiger partial charge on any atom is 0.292 e. The minimum Gasteiger partial charge on any atom is -0.393 e. The van der Waals surface area contributed by atoms with E-state index < -0.39 is 16.7 Å². The molecule has 0 saturated carbocycles. The molecular weight excluding hydrogens is 214 g/mol. The first-order valence-electron chi connectivity index (χ1n) is 4.33. The fourth-order valence-electron chi connectivity index (χ4n) is 1.57. The number of nitro groups is 1. The minimum atomic E-state index is -0.689. The van der Waals surface area contributed by atoms with Crippen molar-refractivity contribution < 1.29 is 14.5 Å². The van der Waals surface area contributed by atoms with E-state index in [1.165, 1.54) is 7.05 Å². The SMILES string of the molecule is CN1C(=O)c2cc(N)c([N+](=O)[O-])cc2C1=O. The van der Waals surface area contributed by atoms with E-state index in [9.17, 15) is 19.7 Å². The van der Waals surface area contributed by atoms with E-state index in [1.807, 2.05) is 0 Å². The number of nitrogens with two attached hydrogens (primary N) is 1. The van der Waals surface area contributed by atoms with Gasteiger partial charge >= 0.3 is 0 Å². The van der Waals surface area contributed by atoms with Gasteiger partial charge in [0, 0.05) is 13.1 Å². The van der Waals surface area contributed by atoms with Crippen LogP contribution in [-0.2, 0) is 0 Å². The topological polar surface area (TPSA) is 107 Å². The van der Waals surface area contributed by atoms with Gasteiger partial charge in [-0.2, -0.15) is 0 Å². The van der Waals surface area contributed by atoms with Crippen LogP contribution in [0.25, 0.3) is 0 Å². The highest BCUT2D eigenvalue weighted by Gasteiger charge is 2.35. The van der Waals surface area contributed by atoms with Crippen molar-refractivity contribution in [2.45, 2.75) is 0 Å². The second-order valence-corrected chi connectivity index (χ2v) is 3.38. The van der Waals surface area contributed by atoms with E-state index in [0.29, 0.717) is 0 Å². The molecule has 2 rings (SSSR count). The number of hydrogen-bond acceptors (Lipinski definition) is 5. The van der Waals surface area contributed by atoms with Crippen LogP contribution in [0.5, 0.6) is 0 Å². The number of nitro benzene ring substituents is 1. The minimum absolute atomic E-state index is 0.0217. The molecule has 1 aliphatic rings. The third kappa shape index (κ3) is 1.14. The van der Waals surface area contributed by atoms with E-state index >= 15 is 0 Å². The Kier molecular flexibility index (Phi) is 1.91. The van der Waals surface area contributed by atoms with Crippen LogP contribution >= 0.6 is 0 Å². The van der Waals surface area contributed by atoms with Crippen LogP contribution in [-0.4, -0.2) is 28.7 Å². The number of nitrogens with zero attached hydrogens (tertiary/aromatic N) is 2. The Morgan fingerprint density at radius 3 is 2.25 bits per heavy atom. The smallest absolute Gasteiger partial charge is 0.292 e. The highest BCUT2D eigenvalue weighted by Crippen LogP contribution is 2.30. The van der Waals surface area contributed by atoms with Gasteiger partial charge in [-0.1, -0.05) is 0 Å². The molecule has 0 aromatic heterocycles. The first kappa shape index (κ1) is 10.1. The van der Waals surface area contributed by atoms with Crippen molar-refractivity contribution >= 4 is 23.2 Å². The highest BCUT2D eigenvalue weighted by molar-refractivity contribution is 6.21. The quantitative estimate of drug-likeness (QED) is 0.319. The number of rotatable bonds is 1. The van der Waals surface area contributed by atoms with Crippen LogP contribution in [0.3, 0.4) is 0 Å². The lowest BCUT2D eigenvalue weighted by molar-refractivity contribution is -0.383. The summed E-state index contributed by atoms with van der Waals surface area (Å²) in [6.07, 6.45) is 0. The fraction of sp³-hybridized carbons (Fsp3) is 0.111. The van der Waals surface area contributed by atoms with Crippen LogP contribution in [0.1, 0.15) is 20.7 Å². The molecule has 1 aromatic carbocycles. The predicted octanol–water partition coefficient (Wildman–Crippen LogP) is 0.403. The maximum atomic E-state index is 11.5. The molecule has 2 amide bonds. The predicted molar refractivity (Wildman–Crippen MR) is 53.9 cm³/mol. The molecule has 7 heteroatoms. The van der Waals surface area contributed by atoms with Crippen molar-refractivity contribution in [1.29, 1.82) is 0 Å². The van der Waals surface area contributed by atoms with Crippen LogP contribution in [0.15, 0.2) is 12.1 Å². The van der Waals surface area contributed by atoms with Gasteiger partial charge in [0.1, 0.15) is 5.69 Å². The highest BCUT2D eigenvalue weighted by atomic mass is 16.6. The summed E-state index contributed by atoms with van der Waals surface area (Å²) in [6.45, 7) is 0. The van der Waals surface area contributed by atoms with Crippen molar-refractivity contribution in [3.8, 4) is 0 Å². The summed E-state index contributed by atoms with van der Waals surface area (Å²) in [5.74, 6) is -1.05. The van der Waals surface area contributed by atoms with E-state index in [0.717, 1.165) is 17.0 Å². The van der Waals surface area contributed by atoms with Crippen molar-refractivity contribution in [3.63, 3.8) is 0 Å². The molecule has 1 aliphatic heterocycles. The largest absolute Gasteiger partial charge is 0.393 e. The van der Waals surface area contributed by atoms with Crippen LogP contribution in [0.2, 0.25) is 0 Å². The van der Waals surface area contributed by atoms with Crippen LogP contribution in [0.4, 0.5) is 11.4 Å². The lowest BCUT2D eigenvalue weighted by atomic mass is 10.1. The Balaban J connectivity index is 2.70. The summed E-state index contributed by atoms with van der Waals surface area (Å²) in [5, 5.41) is 10.6. The van der Waals surface area contributed by atoms with Gasteiger partial charge in [0.15, 0.2) is 0 Å². The molecule has 0 fully saturated rings. The van der Waals surface area contributed by atoms with Gasteiger partial charge in [0.2, 0.25) is 0 Å². The van der Waals surface area contributed by atoms with Gasteiger partial charge in [-0.05, 0) is 6.07 Å². The Morgan fingerprint density at radius 1 is 1.25 bits per heavy atom. The average Bonchev–Trinajstić information content (AvgIpc) is 2.43. The summed E-state index contributed by atoms with van der Waals surface area (Å²) in [7, 11) is 1.31. The fourth-order valence-corrected chi connectivity index (χ4v) is 1.57. The van der Waals surface area contributed by atoms with Gasteiger partial charge < -0.3 is 5.73 Å². The molecule has 1 aromatic rings. The number of benzene rings is 1. The number of amides is 2. The average molecular weight is 221 g/mol. The van der Waals surface area contributed by atoms with Crippen molar-refractivity contribution in [1.82, 2.24) is 4.90 Å². The molecule has 0 aliphatic carbocycles. The normalized spacial score (nSPS) is 14.2. The molecule has 0 bridgehead atoms. The van der Waals surface area contributed by atoms with E-state index in [-0.39, 0.29) is 22.5 Å². The second-order valence-electron chi connectivity index (χ2n) is 3.38. The third-order valence-corrected chi connectivity index (χ3v) is 2.43.